The van der Waals surface area contributed by atoms with E-state index in [4.69, 9.17) is 10.5 Å². The molecular formula is C21H22N4O3. The molecule has 1 heterocycles. The number of carbonyl (C=O) groups is 2. The molecule has 2 aromatic carbocycles. The summed E-state index contributed by atoms with van der Waals surface area (Å²) in [6.45, 7) is 3.18. The molecule has 7 nitrogen and oxygen atoms in total. The van der Waals surface area contributed by atoms with Crippen molar-refractivity contribution in [2.75, 3.05) is 18.4 Å². The Morgan fingerprint density at radius 2 is 1.86 bits per heavy atom. The predicted octanol–water partition coefficient (Wildman–Crippen LogP) is 2.52. The Kier molecular flexibility index (Phi) is 6.06. The first-order chi connectivity index (χ1) is 13.5. The first-order valence-corrected chi connectivity index (χ1v) is 8.98. The average Bonchev–Trinajstić information content (AvgIpc) is 2.69. The Morgan fingerprint density at radius 3 is 2.54 bits per heavy atom. The molecule has 0 saturated carbocycles. The number of esters is 2. The lowest BCUT2D eigenvalue weighted by atomic mass is 10.0. The van der Waals surface area contributed by atoms with Crippen LogP contribution in [-0.2, 0) is 9.53 Å². The highest BCUT2D eigenvalue weighted by Gasteiger charge is 2.20. The minimum absolute atomic E-state index is 0.170. The quantitative estimate of drug-likeness (QED) is 0.429. The molecule has 144 valence electrons. The van der Waals surface area contributed by atoms with Gasteiger partial charge in [0.2, 0.25) is 0 Å². The van der Waals surface area contributed by atoms with Crippen LogP contribution in [0, 0.1) is 0 Å². The third kappa shape index (κ3) is 4.76. The van der Waals surface area contributed by atoms with Gasteiger partial charge in [-0.15, -0.1) is 0 Å². The van der Waals surface area contributed by atoms with Crippen molar-refractivity contribution in [1.82, 2.24) is 5.32 Å². The number of hydrogen-bond acceptors (Lipinski definition) is 7. The van der Waals surface area contributed by atoms with Crippen molar-refractivity contribution in [3.8, 4) is 0 Å². The average molecular weight is 378 g/mol. The molecule has 0 radical (unpaired) electrons. The summed E-state index contributed by atoms with van der Waals surface area (Å²) in [4.78, 5) is 29.4. The smallest absolute Gasteiger partial charge is 0.348 e. The summed E-state index contributed by atoms with van der Waals surface area (Å²) in [5.41, 5.74) is 7.81. The molecule has 4 N–H and O–H groups in total. The zero-order valence-corrected chi connectivity index (χ0v) is 15.6. The van der Waals surface area contributed by atoms with Gasteiger partial charge in [-0.3, -0.25) is 4.99 Å². The molecule has 0 atom stereocenters. The van der Waals surface area contributed by atoms with Crippen LogP contribution in [0.2, 0.25) is 0 Å². The number of ether oxygens (including phenoxy) is 1. The summed E-state index contributed by atoms with van der Waals surface area (Å²) < 4.78 is 5.07. The molecule has 28 heavy (non-hydrogen) atoms. The largest absolute Gasteiger partial charge is 0.402 e. The summed E-state index contributed by atoms with van der Waals surface area (Å²) in [6.07, 6.45) is 0.984. The zero-order valence-electron chi connectivity index (χ0n) is 15.6. The molecule has 2 aromatic rings. The number of allylic oxidation sites excluding steroid dienone is 1. The highest BCUT2D eigenvalue weighted by Crippen LogP contribution is 2.19. The Bertz CT molecular complexity index is 932. The maximum atomic E-state index is 12.5. The number of anilines is 1. The molecule has 0 unspecified atom stereocenters. The molecular weight excluding hydrogens is 356 g/mol. The van der Waals surface area contributed by atoms with Gasteiger partial charge in [0.05, 0.1) is 11.1 Å². The Balaban J connectivity index is 1.73. The molecule has 0 fully saturated rings. The summed E-state index contributed by atoms with van der Waals surface area (Å²) in [7, 11) is 0. The minimum atomic E-state index is -0.784. The summed E-state index contributed by atoms with van der Waals surface area (Å²) in [5, 5.41) is 6.26. The van der Waals surface area contributed by atoms with Crippen molar-refractivity contribution >= 4 is 29.2 Å². The number of aliphatic imine (C=N–C) groups is 1. The summed E-state index contributed by atoms with van der Waals surface area (Å²) in [6, 6.07) is 15.6. The third-order valence-electron chi connectivity index (χ3n) is 4.10. The van der Waals surface area contributed by atoms with Gasteiger partial charge >= 0.3 is 11.9 Å². The van der Waals surface area contributed by atoms with Gasteiger partial charge < -0.3 is 21.1 Å². The molecule has 0 amide bonds. The van der Waals surface area contributed by atoms with Crippen molar-refractivity contribution in [3.05, 3.63) is 71.4 Å². The van der Waals surface area contributed by atoms with Crippen LogP contribution in [0.5, 0.6) is 0 Å². The van der Waals surface area contributed by atoms with Gasteiger partial charge in [-0.1, -0.05) is 36.4 Å². The Hall–Kier alpha value is -3.61. The van der Waals surface area contributed by atoms with E-state index in [1.165, 1.54) is 0 Å². The van der Waals surface area contributed by atoms with Crippen LogP contribution in [0.25, 0.3) is 5.57 Å². The van der Waals surface area contributed by atoms with Crippen molar-refractivity contribution in [2.24, 2.45) is 10.7 Å². The number of nitrogens with zero attached hydrogens (tertiary/aromatic N) is 1. The van der Waals surface area contributed by atoms with E-state index >= 15 is 0 Å². The van der Waals surface area contributed by atoms with E-state index in [-0.39, 0.29) is 16.8 Å². The molecule has 7 heteroatoms. The first kappa shape index (κ1) is 19.2. The fourth-order valence-electron chi connectivity index (χ4n) is 2.78. The number of guanidine groups is 1. The molecule has 0 aliphatic carbocycles. The van der Waals surface area contributed by atoms with Crippen LogP contribution in [-0.4, -0.2) is 31.0 Å². The minimum Gasteiger partial charge on any atom is -0.402 e. The number of benzene rings is 2. The number of carbonyl (C=O) groups excluding carboxylic acids is 2. The van der Waals surface area contributed by atoms with Crippen molar-refractivity contribution < 1.29 is 14.3 Å². The fourth-order valence-corrected chi connectivity index (χ4v) is 2.78. The molecule has 0 spiro atoms. The lowest BCUT2D eigenvalue weighted by molar-refractivity contribution is -0.131. The zero-order chi connectivity index (χ0) is 19.9. The van der Waals surface area contributed by atoms with E-state index in [1.807, 2.05) is 6.07 Å². The van der Waals surface area contributed by atoms with Gasteiger partial charge in [0, 0.05) is 24.5 Å². The number of rotatable bonds is 4. The van der Waals surface area contributed by atoms with Gasteiger partial charge in [0.25, 0.3) is 0 Å². The van der Waals surface area contributed by atoms with Gasteiger partial charge in [-0.2, -0.15) is 0 Å². The summed E-state index contributed by atoms with van der Waals surface area (Å²) in [5.74, 6) is -0.879. The SMILES string of the molecule is CC(N)=C(C(=O)OC(=O)c1cccc(NC2=NCCCN2)c1)c1ccccc1. The van der Waals surface area contributed by atoms with Crippen molar-refractivity contribution in [2.45, 2.75) is 13.3 Å². The fraction of sp³-hybridized carbons (Fsp3) is 0.190. The highest BCUT2D eigenvalue weighted by atomic mass is 16.6. The van der Waals surface area contributed by atoms with Crippen LogP contribution >= 0.6 is 0 Å². The second-order valence-electron chi connectivity index (χ2n) is 6.32. The van der Waals surface area contributed by atoms with Gasteiger partial charge in [-0.05, 0) is 37.1 Å². The van der Waals surface area contributed by atoms with Crippen LogP contribution in [0.15, 0.2) is 65.3 Å². The van der Waals surface area contributed by atoms with Gasteiger partial charge in [0.1, 0.15) is 0 Å². The predicted molar refractivity (Wildman–Crippen MR) is 109 cm³/mol. The molecule has 1 aliphatic rings. The van der Waals surface area contributed by atoms with E-state index in [9.17, 15) is 9.59 Å². The Labute approximate surface area is 163 Å². The van der Waals surface area contributed by atoms with Crippen LogP contribution in [0.1, 0.15) is 29.3 Å². The first-order valence-electron chi connectivity index (χ1n) is 8.98. The topological polar surface area (TPSA) is 106 Å². The van der Waals surface area contributed by atoms with Crippen LogP contribution in [0.3, 0.4) is 0 Å². The summed E-state index contributed by atoms with van der Waals surface area (Å²) >= 11 is 0. The number of nitrogens with one attached hydrogen (secondary N) is 2. The van der Waals surface area contributed by atoms with Crippen LogP contribution in [0.4, 0.5) is 5.69 Å². The second kappa shape index (κ2) is 8.85. The molecule has 0 saturated heterocycles. The normalized spacial score (nSPS) is 14.2. The molecule has 3 rings (SSSR count). The van der Waals surface area contributed by atoms with Crippen molar-refractivity contribution in [3.63, 3.8) is 0 Å². The van der Waals surface area contributed by atoms with Crippen molar-refractivity contribution in [1.29, 1.82) is 0 Å². The lowest BCUT2D eigenvalue weighted by Gasteiger charge is -2.16. The monoisotopic (exact) mass is 378 g/mol. The van der Waals surface area contributed by atoms with E-state index in [0.29, 0.717) is 17.2 Å². The molecule has 0 aromatic heterocycles. The van der Waals surface area contributed by atoms with Gasteiger partial charge in [0.15, 0.2) is 5.96 Å². The maximum Gasteiger partial charge on any atom is 0.348 e. The van der Waals surface area contributed by atoms with Crippen LogP contribution < -0.4 is 16.4 Å². The number of nitrogens with two attached hydrogens (primary N) is 1. The lowest BCUT2D eigenvalue weighted by Crippen LogP contribution is -2.35. The Morgan fingerprint density at radius 1 is 1.11 bits per heavy atom. The highest BCUT2D eigenvalue weighted by molar-refractivity contribution is 6.21. The molecule has 1 aliphatic heterocycles. The van der Waals surface area contributed by atoms with E-state index in [1.54, 1.807) is 55.5 Å². The standard InChI is InChI=1S/C21H22N4O3/c1-14(22)18(15-7-3-2-4-8-15)20(27)28-19(26)16-9-5-10-17(13-16)25-21-23-11-6-12-24-21/h2-5,7-10,13H,6,11-12,22H2,1H3,(H2,23,24,25). The number of hydrogen-bond donors (Lipinski definition) is 3. The van der Waals surface area contributed by atoms with Gasteiger partial charge in [-0.25, -0.2) is 9.59 Å². The second-order valence-corrected chi connectivity index (χ2v) is 6.32. The maximum absolute atomic E-state index is 12.5. The third-order valence-corrected chi connectivity index (χ3v) is 4.10. The van der Waals surface area contributed by atoms with E-state index in [0.717, 1.165) is 19.5 Å². The van der Waals surface area contributed by atoms with E-state index < -0.39 is 11.9 Å². The molecule has 0 bridgehead atoms. The van der Waals surface area contributed by atoms with E-state index in [2.05, 4.69) is 15.6 Å².